The Morgan fingerprint density at radius 3 is 2.02 bits per heavy atom. The summed E-state index contributed by atoms with van der Waals surface area (Å²) in [7, 11) is 0. The monoisotopic (exact) mass is 603 g/mol. The van der Waals surface area contributed by atoms with E-state index in [2.05, 4.69) is 0 Å². The second-order valence-electron chi connectivity index (χ2n) is 10.5. The van der Waals surface area contributed by atoms with Crippen molar-refractivity contribution in [2.45, 2.75) is 0 Å². The van der Waals surface area contributed by atoms with Gasteiger partial charge in [0.2, 0.25) is 0 Å². The molecule has 46 heavy (non-hydrogen) atoms. The van der Waals surface area contributed by atoms with Crippen LogP contribution in [0.3, 0.4) is 0 Å². The van der Waals surface area contributed by atoms with E-state index in [-0.39, 0.29) is 5.69 Å². The van der Waals surface area contributed by atoms with Crippen molar-refractivity contribution in [3.63, 3.8) is 0 Å². The van der Waals surface area contributed by atoms with Crippen molar-refractivity contribution >= 4 is 60.5 Å². The number of hydrogen-bond acceptors (Lipinski definition) is 2. The zero-order valence-electron chi connectivity index (χ0n) is 39.9. The summed E-state index contributed by atoms with van der Waals surface area (Å²) in [5.74, 6) is 0. The van der Waals surface area contributed by atoms with Crippen LogP contribution in [0.25, 0.3) is 65.7 Å². The number of hydrogen-bond donors (Lipinski definition) is 0. The lowest BCUT2D eigenvalue weighted by atomic mass is 9.95. The SMILES string of the molecule is [2H]c1c([2H])c([2H])c(-c2c([2H])c([2H])c(N(c3ccccc3-c3cccc4oc5cc6ccccc6cc5c34)c3c([2H])c([2H])c([2H])c4c([2H])c([2H])c([2H])c([2H])c34)c([2H])c2[2H])c([2H])c1[2H]. The summed E-state index contributed by atoms with van der Waals surface area (Å²) >= 11 is 0. The van der Waals surface area contributed by atoms with Crippen LogP contribution in [0.15, 0.2) is 180 Å². The molecule has 1 aromatic heterocycles. The van der Waals surface area contributed by atoms with Crippen LogP contribution in [0.4, 0.5) is 17.1 Å². The second-order valence-corrected chi connectivity index (χ2v) is 10.5. The van der Waals surface area contributed by atoms with Gasteiger partial charge in [0.15, 0.2) is 0 Å². The van der Waals surface area contributed by atoms with Crippen molar-refractivity contribution in [1.29, 1.82) is 0 Å². The van der Waals surface area contributed by atoms with Gasteiger partial charge in [0.25, 0.3) is 0 Å². The van der Waals surface area contributed by atoms with E-state index < -0.39 is 130 Å². The molecule has 0 aliphatic rings. The third-order valence-electron chi connectivity index (χ3n) is 7.90. The number of furan rings is 1. The van der Waals surface area contributed by atoms with Crippen LogP contribution in [0.5, 0.6) is 0 Å². The number of fused-ring (bicyclic) bond motifs is 5. The molecule has 0 spiro atoms. The molecule has 216 valence electrons. The van der Waals surface area contributed by atoms with Gasteiger partial charge in [0, 0.05) is 27.4 Å². The lowest BCUT2D eigenvalue weighted by molar-refractivity contribution is 0.669. The van der Waals surface area contributed by atoms with E-state index in [1.165, 1.54) is 0 Å². The first-order valence-corrected chi connectivity index (χ1v) is 14.4. The van der Waals surface area contributed by atoms with Gasteiger partial charge < -0.3 is 9.32 Å². The molecule has 0 atom stereocenters. The minimum atomic E-state index is -0.822. The molecule has 0 radical (unpaired) electrons. The Morgan fingerprint density at radius 1 is 0.457 bits per heavy atom. The third kappa shape index (κ3) is 4.35. The molecule has 9 rings (SSSR count). The highest BCUT2D eigenvalue weighted by Gasteiger charge is 2.21. The number of rotatable bonds is 5. The Morgan fingerprint density at radius 2 is 1.15 bits per heavy atom. The van der Waals surface area contributed by atoms with Gasteiger partial charge in [-0.1, -0.05) is 133 Å². The van der Waals surface area contributed by atoms with E-state index in [0.29, 0.717) is 27.7 Å². The average Bonchev–Trinajstić information content (AvgIpc) is 3.64. The van der Waals surface area contributed by atoms with E-state index in [4.69, 9.17) is 19.5 Å². The van der Waals surface area contributed by atoms with Crippen molar-refractivity contribution in [2.75, 3.05) is 4.90 Å². The quantitative estimate of drug-likeness (QED) is 0.195. The second kappa shape index (κ2) is 10.8. The highest BCUT2D eigenvalue weighted by molar-refractivity contribution is 6.17. The number of para-hydroxylation sites is 1. The molecule has 0 bridgehead atoms. The average molecular weight is 604 g/mol. The standard InChI is InChI=1S/C44H29NO/c1-2-12-30(13-3-1)31-24-26-35(27-25-31)45(40-22-10-17-32-14-6-7-18-36(32)40)41-21-9-8-19-37(41)38-20-11-23-42-44(38)39-28-33-15-4-5-16-34(33)29-43(39)46-42/h1-29H/i1D,2D,3D,6D,7D,10D,12D,13D,14D,17D,18D,22D,24D,25D,26D,27D. The maximum Gasteiger partial charge on any atom is 0.136 e. The summed E-state index contributed by atoms with van der Waals surface area (Å²) in [5.41, 5.74) is -0.130. The highest BCUT2D eigenvalue weighted by Crippen LogP contribution is 2.46. The first-order chi connectivity index (χ1) is 29.5. The van der Waals surface area contributed by atoms with Crippen LogP contribution in [-0.2, 0) is 0 Å². The Hall–Kier alpha value is -6.12. The maximum absolute atomic E-state index is 9.56. The molecule has 0 saturated carbocycles. The zero-order chi connectivity index (χ0) is 44.4. The van der Waals surface area contributed by atoms with Gasteiger partial charge in [-0.05, 0) is 75.2 Å². The van der Waals surface area contributed by atoms with Crippen molar-refractivity contribution in [1.82, 2.24) is 0 Å². The van der Waals surface area contributed by atoms with Crippen molar-refractivity contribution in [3.8, 4) is 22.3 Å². The lowest BCUT2D eigenvalue weighted by Gasteiger charge is -2.29. The molecule has 0 fully saturated rings. The summed E-state index contributed by atoms with van der Waals surface area (Å²) in [5, 5.41) is 2.42. The topological polar surface area (TPSA) is 16.4 Å². The van der Waals surface area contributed by atoms with Gasteiger partial charge in [0.1, 0.15) is 11.2 Å². The number of benzene rings is 8. The summed E-state index contributed by atoms with van der Waals surface area (Å²) in [6, 6.07) is 11.5. The lowest BCUT2D eigenvalue weighted by Crippen LogP contribution is -2.11. The molecule has 9 aromatic rings. The molecule has 0 aliphatic carbocycles. The van der Waals surface area contributed by atoms with Gasteiger partial charge in [0.05, 0.1) is 33.3 Å². The fraction of sp³-hybridized carbons (Fsp3) is 0. The van der Waals surface area contributed by atoms with Crippen LogP contribution < -0.4 is 4.90 Å². The van der Waals surface area contributed by atoms with E-state index in [1.54, 1.807) is 42.5 Å². The van der Waals surface area contributed by atoms with Crippen LogP contribution in [0.1, 0.15) is 21.9 Å². The zero-order valence-corrected chi connectivity index (χ0v) is 23.9. The van der Waals surface area contributed by atoms with Gasteiger partial charge in [-0.25, -0.2) is 0 Å². The maximum atomic E-state index is 9.56. The Bertz CT molecular complexity index is 3390. The molecule has 0 aliphatic heterocycles. The highest BCUT2D eigenvalue weighted by atomic mass is 16.3. The fourth-order valence-corrected chi connectivity index (χ4v) is 5.87. The molecule has 8 aromatic carbocycles. The summed E-state index contributed by atoms with van der Waals surface area (Å²) in [6.45, 7) is 0. The van der Waals surface area contributed by atoms with Gasteiger partial charge >= 0.3 is 0 Å². The van der Waals surface area contributed by atoms with Crippen molar-refractivity contribution in [3.05, 3.63) is 176 Å². The summed E-state index contributed by atoms with van der Waals surface area (Å²) in [6.07, 6.45) is 0. The minimum Gasteiger partial charge on any atom is -0.456 e. The Kier molecular flexibility index (Phi) is 3.47. The minimum absolute atomic E-state index is 0.0749. The third-order valence-corrected chi connectivity index (χ3v) is 7.90. The summed E-state index contributed by atoms with van der Waals surface area (Å²) in [4.78, 5) is 1.13. The van der Waals surface area contributed by atoms with Gasteiger partial charge in [-0.15, -0.1) is 0 Å². The smallest absolute Gasteiger partial charge is 0.136 e. The molecule has 0 N–H and O–H groups in total. The van der Waals surface area contributed by atoms with Crippen LogP contribution >= 0.6 is 0 Å². The molecule has 2 nitrogen and oxygen atoms in total. The molecular weight excluding hydrogens is 558 g/mol. The van der Waals surface area contributed by atoms with Crippen LogP contribution in [0, 0.1) is 0 Å². The molecule has 0 amide bonds. The number of nitrogens with zero attached hydrogens (tertiary/aromatic N) is 1. The Labute approximate surface area is 289 Å². The van der Waals surface area contributed by atoms with Crippen LogP contribution in [0.2, 0.25) is 0 Å². The fourth-order valence-electron chi connectivity index (χ4n) is 5.87. The van der Waals surface area contributed by atoms with Crippen LogP contribution in [-0.4, -0.2) is 0 Å². The predicted molar refractivity (Wildman–Crippen MR) is 194 cm³/mol. The van der Waals surface area contributed by atoms with E-state index in [9.17, 15) is 6.85 Å². The molecular formula is C44H29NO. The van der Waals surface area contributed by atoms with E-state index in [1.807, 2.05) is 36.4 Å². The van der Waals surface area contributed by atoms with Gasteiger partial charge in [-0.2, -0.15) is 0 Å². The Balaban J connectivity index is 1.46. The van der Waals surface area contributed by atoms with E-state index >= 15 is 0 Å². The van der Waals surface area contributed by atoms with Crippen molar-refractivity contribution < 1.29 is 26.3 Å². The largest absolute Gasteiger partial charge is 0.456 e. The molecule has 1 heterocycles. The molecule has 0 saturated heterocycles. The number of anilines is 3. The summed E-state index contributed by atoms with van der Waals surface area (Å²) < 4.78 is 148. The van der Waals surface area contributed by atoms with E-state index in [0.717, 1.165) is 21.1 Å². The normalized spacial score (nSPS) is 16.3. The predicted octanol–water partition coefficient (Wildman–Crippen LogP) is 12.7. The first kappa shape index (κ1) is 14.8. The molecule has 2 heteroatoms. The van der Waals surface area contributed by atoms with Crippen molar-refractivity contribution in [2.24, 2.45) is 0 Å². The van der Waals surface area contributed by atoms with Gasteiger partial charge in [-0.3, -0.25) is 0 Å². The molecule has 0 unspecified atom stereocenters. The first-order valence-electron chi connectivity index (χ1n) is 22.4.